The Kier molecular flexibility index (Phi) is 3.76. The summed E-state index contributed by atoms with van der Waals surface area (Å²) in [6, 6.07) is 6.98. The number of nitrogens with one attached hydrogen (secondary N) is 1. The molecule has 0 heterocycles. The largest absolute Gasteiger partial charge is 0.308 e. The highest BCUT2D eigenvalue weighted by Gasteiger charge is 2.09. The standard InChI is InChI=1S/C12H19NO2S/c1-12(2,3)13-9-10-5-7-11(8-6-10)16(4,14)15/h5-8,13H,9H2,1-4H3. The van der Waals surface area contributed by atoms with Crippen LogP contribution in [0.25, 0.3) is 0 Å². The van der Waals surface area contributed by atoms with Crippen LogP contribution in [0, 0.1) is 0 Å². The maximum atomic E-state index is 11.2. The van der Waals surface area contributed by atoms with E-state index in [1.807, 2.05) is 12.1 Å². The Balaban J connectivity index is 2.73. The van der Waals surface area contributed by atoms with Crippen LogP contribution in [0.4, 0.5) is 0 Å². The van der Waals surface area contributed by atoms with E-state index in [1.165, 1.54) is 6.26 Å². The van der Waals surface area contributed by atoms with Gasteiger partial charge in [0.25, 0.3) is 0 Å². The van der Waals surface area contributed by atoms with E-state index >= 15 is 0 Å². The number of hydrogen-bond acceptors (Lipinski definition) is 3. The molecule has 4 heteroatoms. The quantitative estimate of drug-likeness (QED) is 0.880. The maximum Gasteiger partial charge on any atom is 0.175 e. The third-order valence-electron chi connectivity index (χ3n) is 2.17. The summed E-state index contributed by atoms with van der Waals surface area (Å²) < 4.78 is 22.5. The molecule has 0 saturated heterocycles. The van der Waals surface area contributed by atoms with Crippen LogP contribution in [-0.4, -0.2) is 20.2 Å². The van der Waals surface area contributed by atoms with Crippen LogP contribution in [0.2, 0.25) is 0 Å². The van der Waals surface area contributed by atoms with Crippen molar-refractivity contribution in [3.8, 4) is 0 Å². The molecule has 0 bridgehead atoms. The van der Waals surface area contributed by atoms with E-state index < -0.39 is 9.84 Å². The van der Waals surface area contributed by atoms with Crippen molar-refractivity contribution in [1.29, 1.82) is 0 Å². The fraction of sp³-hybridized carbons (Fsp3) is 0.500. The molecule has 0 spiro atoms. The number of hydrogen-bond donors (Lipinski definition) is 1. The highest BCUT2D eigenvalue weighted by atomic mass is 32.2. The molecule has 0 unspecified atom stereocenters. The molecule has 16 heavy (non-hydrogen) atoms. The summed E-state index contributed by atoms with van der Waals surface area (Å²) >= 11 is 0. The Morgan fingerprint density at radius 2 is 1.62 bits per heavy atom. The molecule has 1 aromatic carbocycles. The lowest BCUT2D eigenvalue weighted by atomic mass is 10.1. The summed E-state index contributed by atoms with van der Waals surface area (Å²) in [7, 11) is -3.08. The fourth-order valence-corrected chi connectivity index (χ4v) is 1.85. The zero-order valence-electron chi connectivity index (χ0n) is 10.2. The van der Waals surface area contributed by atoms with Gasteiger partial charge in [-0.2, -0.15) is 0 Å². The molecule has 0 fully saturated rings. The molecule has 0 aliphatic rings. The van der Waals surface area contributed by atoms with E-state index in [-0.39, 0.29) is 5.54 Å². The van der Waals surface area contributed by atoms with Crippen molar-refractivity contribution < 1.29 is 8.42 Å². The first kappa shape index (κ1) is 13.2. The molecular weight excluding hydrogens is 222 g/mol. The van der Waals surface area contributed by atoms with Gasteiger partial charge in [0.15, 0.2) is 9.84 Å². The molecule has 0 aromatic heterocycles. The molecule has 1 N–H and O–H groups in total. The van der Waals surface area contributed by atoms with E-state index in [9.17, 15) is 8.42 Å². The van der Waals surface area contributed by atoms with Crippen LogP contribution in [-0.2, 0) is 16.4 Å². The fourth-order valence-electron chi connectivity index (χ4n) is 1.22. The monoisotopic (exact) mass is 241 g/mol. The molecule has 0 aliphatic carbocycles. The summed E-state index contributed by atoms with van der Waals surface area (Å²) in [6.45, 7) is 7.03. The number of rotatable bonds is 3. The van der Waals surface area contributed by atoms with Gasteiger partial charge in [0, 0.05) is 18.3 Å². The third kappa shape index (κ3) is 4.33. The van der Waals surface area contributed by atoms with Gasteiger partial charge in [-0.1, -0.05) is 12.1 Å². The molecule has 0 aliphatic heterocycles. The number of sulfone groups is 1. The number of benzene rings is 1. The van der Waals surface area contributed by atoms with Gasteiger partial charge >= 0.3 is 0 Å². The van der Waals surface area contributed by atoms with E-state index in [1.54, 1.807) is 12.1 Å². The second kappa shape index (κ2) is 4.55. The van der Waals surface area contributed by atoms with E-state index in [4.69, 9.17) is 0 Å². The minimum absolute atomic E-state index is 0.0650. The lowest BCUT2D eigenvalue weighted by Crippen LogP contribution is -2.35. The van der Waals surface area contributed by atoms with Gasteiger partial charge in [0.05, 0.1) is 4.90 Å². The van der Waals surface area contributed by atoms with Gasteiger partial charge in [-0.05, 0) is 38.5 Å². The molecule has 1 rings (SSSR count). The van der Waals surface area contributed by atoms with E-state index in [2.05, 4.69) is 26.1 Å². The van der Waals surface area contributed by atoms with Crippen LogP contribution in [0.3, 0.4) is 0 Å². The Morgan fingerprint density at radius 1 is 1.12 bits per heavy atom. The normalized spacial score (nSPS) is 12.8. The van der Waals surface area contributed by atoms with Crippen molar-refractivity contribution in [3.05, 3.63) is 29.8 Å². The van der Waals surface area contributed by atoms with Crippen molar-refractivity contribution in [3.63, 3.8) is 0 Å². The molecule has 0 amide bonds. The van der Waals surface area contributed by atoms with Crippen molar-refractivity contribution in [1.82, 2.24) is 5.32 Å². The van der Waals surface area contributed by atoms with Crippen LogP contribution < -0.4 is 5.32 Å². The topological polar surface area (TPSA) is 46.2 Å². The molecule has 0 saturated carbocycles. The summed E-state index contributed by atoms with van der Waals surface area (Å²) in [4.78, 5) is 0.368. The van der Waals surface area contributed by atoms with Crippen molar-refractivity contribution >= 4 is 9.84 Å². The smallest absolute Gasteiger partial charge is 0.175 e. The van der Waals surface area contributed by atoms with Crippen molar-refractivity contribution in [2.45, 2.75) is 37.8 Å². The first-order valence-electron chi connectivity index (χ1n) is 5.22. The molecule has 3 nitrogen and oxygen atoms in total. The molecule has 90 valence electrons. The van der Waals surface area contributed by atoms with Gasteiger partial charge < -0.3 is 5.32 Å². The maximum absolute atomic E-state index is 11.2. The SMILES string of the molecule is CC(C)(C)NCc1ccc(S(C)(=O)=O)cc1. The minimum Gasteiger partial charge on any atom is -0.308 e. The minimum atomic E-state index is -3.08. The molecular formula is C12H19NO2S. The molecule has 0 atom stereocenters. The summed E-state index contributed by atoms with van der Waals surface area (Å²) in [6.07, 6.45) is 1.22. The highest BCUT2D eigenvalue weighted by Crippen LogP contribution is 2.11. The van der Waals surface area contributed by atoms with Crippen LogP contribution in [0.1, 0.15) is 26.3 Å². The first-order valence-corrected chi connectivity index (χ1v) is 7.12. The van der Waals surface area contributed by atoms with Gasteiger partial charge in [-0.15, -0.1) is 0 Å². The third-order valence-corrected chi connectivity index (χ3v) is 3.30. The van der Waals surface area contributed by atoms with Crippen molar-refractivity contribution in [2.24, 2.45) is 0 Å². The van der Waals surface area contributed by atoms with Gasteiger partial charge in [-0.3, -0.25) is 0 Å². The predicted molar refractivity (Wildman–Crippen MR) is 66.1 cm³/mol. The average molecular weight is 241 g/mol. The highest BCUT2D eigenvalue weighted by molar-refractivity contribution is 7.90. The lowest BCUT2D eigenvalue weighted by Gasteiger charge is -2.20. The zero-order valence-corrected chi connectivity index (χ0v) is 11.1. The lowest BCUT2D eigenvalue weighted by molar-refractivity contribution is 0.424. The van der Waals surface area contributed by atoms with Crippen molar-refractivity contribution in [2.75, 3.05) is 6.26 Å². The van der Waals surface area contributed by atoms with Gasteiger partial charge in [0.1, 0.15) is 0 Å². The molecule has 1 aromatic rings. The zero-order chi connectivity index (χ0) is 12.4. The van der Waals surface area contributed by atoms with Crippen LogP contribution in [0.15, 0.2) is 29.2 Å². The Bertz CT molecular complexity index is 441. The van der Waals surface area contributed by atoms with Crippen LogP contribution >= 0.6 is 0 Å². The van der Waals surface area contributed by atoms with Gasteiger partial charge in [0.2, 0.25) is 0 Å². The Morgan fingerprint density at radius 3 is 2.00 bits per heavy atom. The van der Waals surface area contributed by atoms with Gasteiger partial charge in [-0.25, -0.2) is 8.42 Å². The average Bonchev–Trinajstić information content (AvgIpc) is 2.13. The summed E-state index contributed by atoms with van der Waals surface area (Å²) in [5.41, 5.74) is 1.15. The van der Waals surface area contributed by atoms with E-state index in [0.717, 1.165) is 12.1 Å². The molecule has 0 radical (unpaired) electrons. The Labute approximate surface area is 97.8 Å². The first-order chi connectivity index (χ1) is 7.18. The summed E-state index contributed by atoms with van der Waals surface area (Å²) in [5.74, 6) is 0. The van der Waals surface area contributed by atoms with E-state index in [0.29, 0.717) is 4.90 Å². The predicted octanol–water partition coefficient (Wildman–Crippen LogP) is 1.98. The van der Waals surface area contributed by atoms with Crippen LogP contribution in [0.5, 0.6) is 0 Å². The summed E-state index contributed by atoms with van der Waals surface area (Å²) in [5, 5.41) is 3.35. The second-order valence-electron chi connectivity index (χ2n) is 5.02. The second-order valence-corrected chi connectivity index (χ2v) is 7.04. The Hall–Kier alpha value is -0.870.